The third-order valence-electron chi connectivity index (χ3n) is 2.95. The van der Waals surface area contributed by atoms with Crippen molar-refractivity contribution in [3.05, 3.63) is 29.8 Å². The highest BCUT2D eigenvalue weighted by molar-refractivity contribution is 7.89. The van der Waals surface area contributed by atoms with Gasteiger partial charge in [-0.15, -0.1) is 0 Å². The molecule has 5 N–H and O–H groups in total. The third kappa shape index (κ3) is 4.03. The SMILES string of the molecule is CC(N)c1cccc(S(=O)(=O)NC(C(N)=O)C(C)C)c1. The Morgan fingerprint density at radius 3 is 2.30 bits per heavy atom. The van der Waals surface area contributed by atoms with Gasteiger partial charge in [0.15, 0.2) is 0 Å². The van der Waals surface area contributed by atoms with Crippen LogP contribution >= 0.6 is 0 Å². The van der Waals surface area contributed by atoms with E-state index in [1.165, 1.54) is 12.1 Å². The summed E-state index contributed by atoms with van der Waals surface area (Å²) in [5.41, 5.74) is 11.7. The Morgan fingerprint density at radius 2 is 1.85 bits per heavy atom. The van der Waals surface area contributed by atoms with Gasteiger partial charge in [-0.2, -0.15) is 4.72 Å². The molecule has 1 rings (SSSR count). The number of carbonyl (C=O) groups excluding carboxylic acids is 1. The van der Waals surface area contributed by atoms with Crippen LogP contribution < -0.4 is 16.2 Å². The molecule has 0 saturated heterocycles. The number of rotatable bonds is 6. The van der Waals surface area contributed by atoms with Gasteiger partial charge in [0.25, 0.3) is 0 Å². The van der Waals surface area contributed by atoms with Crippen LogP contribution in [-0.4, -0.2) is 20.4 Å². The van der Waals surface area contributed by atoms with Crippen LogP contribution in [0.1, 0.15) is 32.4 Å². The lowest BCUT2D eigenvalue weighted by atomic mass is 10.1. The lowest BCUT2D eigenvalue weighted by molar-refractivity contribution is -0.120. The highest BCUT2D eigenvalue weighted by Crippen LogP contribution is 2.17. The van der Waals surface area contributed by atoms with E-state index in [2.05, 4.69) is 4.72 Å². The summed E-state index contributed by atoms with van der Waals surface area (Å²) in [5, 5.41) is 0. The zero-order valence-electron chi connectivity index (χ0n) is 11.8. The molecule has 0 aliphatic carbocycles. The molecule has 0 radical (unpaired) electrons. The summed E-state index contributed by atoms with van der Waals surface area (Å²) in [6, 6.07) is 5.08. The summed E-state index contributed by atoms with van der Waals surface area (Å²) in [7, 11) is -3.81. The van der Waals surface area contributed by atoms with Crippen molar-refractivity contribution in [1.29, 1.82) is 0 Å². The molecule has 1 amide bonds. The highest BCUT2D eigenvalue weighted by Gasteiger charge is 2.26. The van der Waals surface area contributed by atoms with E-state index in [1.54, 1.807) is 32.9 Å². The fourth-order valence-electron chi connectivity index (χ4n) is 1.72. The first-order valence-corrected chi connectivity index (χ1v) is 7.80. The van der Waals surface area contributed by atoms with Gasteiger partial charge in [-0.3, -0.25) is 4.79 Å². The van der Waals surface area contributed by atoms with Crippen molar-refractivity contribution in [2.45, 2.75) is 37.8 Å². The van der Waals surface area contributed by atoms with Gasteiger partial charge in [0, 0.05) is 6.04 Å². The van der Waals surface area contributed by atoms with Crippen LogP contribution in [0.4, 0.5) is 0 Å². The zero-order chi connectivity index (χ0) is 15.5. The zero-order valence-corrected chi connectivity index (χ0v) is 12.6. The first-order chi connectivity index (χ1) is 9.15. The minimum atomic E-state index is -3.81. The number of hydrogen-bond acceptors (Lipinski definition) is 4. The second-order valence-corrected chi connectivity index (χ2v) is 6.82. The maximum absolute atomic E-state index is 12.3. The van der Waals surface area contributed by atoms with Crippen molar-refractivity contribution in [2.24, 2.45) is 17.4 Å². The van der Waals surface area contributed by atoms with Gasteiger partial charge in [0.1, 0.15) is 6.04 Å². The van der Waals surface area contributed by atoms with Gasteiger partial charge in [-0.05, 0) is 30.5 Å². The Morgan fingerprint density at radius 1 is 1.25 bits per heavy atom. The number of sulfonamides is 1. The van der Waals surface area contributed by atoms with Crippen LogP contribution in [0.3, 0.4) is 0 Å². The molecule has 0 aliphatic heterocycles. The predicted molar refractivity (Wildman–Crippen MR) is 77.2 cm³/mol. The summed E-state index contributed by atoms with van der Waals surface area (Å²) in [6.45, 7) is 5.20. The highest BCUT2D eigenvalue weighted by atomic mass is 32.2. The number of carbonyl (C=O) groups is 1. The van der Waals surface area contributed by atoms with Crippen molar-refractivity contribution >= 4 is 15.9 Å². The topological polar surface area (TPSA) is 115 Å². The average Bonchev–Trinajstić information content (AvgIpc) is 2.35. The van der Waals surface area contributed by atoms with E-state index >= 15 is 0 Å². The number of hydrogen-bond donors (Lipinski definition) is 3. The monoisotopic (exact) mass is 299 g/mol. The van der Waals surface area contributed by atoms with Crippen LogP contribution in [0.25, 0.3) is 0 Å². The van der Waals surface area contributed by atoms with E-state index in [-0.39, 0.29) is 16.9 Å². The second kappa shape index (κ2) is 6.34. The fraction of sp³-hybridized carbons (Fsp3) is 0.462. The molecule has 112 valence electrons. The van der Waals surface area contributed by atoms with Crippen LogP contribution in [-0.2, 0) is 14.8 Å². The number of amides is 1. The molecule has 0 aliphatic rings. The summed E-state index contributed by atoms with van der Waals surface area (Å²) in [6.07, 6.45) is 0. The molecular weight excluding hydrogens is 278 g/mol. The van der Waals surface area contributed by atoms with Crippen molar-refractivity contribution in [1.82, 2.24) is 4.72 Å². The van der Waals surface area contributed by atoms with Crippen molar-refractivity contribution < 1.29 is 13.2 Å². The fourth-order valence-corrected chi connectivity index (χ4v) is 3.13. The summed E-state index contributed by atoms with van der Waals surface area (Å²) >= 11 is 0. The van der Waals surface area contributed by atoms with E-state index in [0.717, 1.165) is 0 Å². The van der Waals surface area contributed by atoms with Crippen LogP contribution in [0.15, 0.2) is 29.2 Å². The number of nitrogens with two attached hydrogens (primary N) is 2. The molecule has 2 atom stereocenters. The first-order valence-electron chi connectivity index (χ1n) is 6.32. The van der Waals surface area contributed by atoms with Gasteiger partial charge in [0.05, 0.1) is 4.90 Å². The Labute approximate surface area is 119 Å². The van der Waals surface area contributed by atoms with Gasteiger partial charge >= 0.3 is 0 Å². The summed E-state index contributed by atoms with van der Waals surface area (Å²) in [4.78, 5) is 11.4. The molecule has 1 aromatic rings. The Bertz CT molecular complexity index is 582. The lowest BCUT2D eigenvalue weighted by Crippen LogP contribution is -2.47. The van der Waals surface area contributed by atoms with Gasteiger partial charge in [-0.1, -0.05) is 26.0 Å². The van der Waals surface area contributed by atoms with E-state index in [4.69, 9.17) is 11.5 Å². The van der Waals surface area contributed by atoms with Crippen molar-refractivity contribution in [2.75, 3.05) is 0 Å². The standard InChI is InChI=1S/C13H21N3O3S/c1-8(2)12(13(15)17)16-20(18,19)11-6-4-5-10(7-11)9(3)14/h4-9,12,16H,14H2,1-3H3,(H2,15,17). The van der Waals surface area contributed by atoms with E-state index in [9.17, 15) is 13.2 Å². The number of primary amides is 1. The van der Waals surface area contributed by atoms with Crippen molar-refractivity contribution in [3.8, 4) is 0 Å². The van der Waals surface area contributed by atoms with Gasteiger partial charge in [0.2, 0.25) is 15.9 Å². The lowest BCUT2D eigenvalue weighted by Gasteiger charge is -2.19. The summed E-state index contributed by atoms with van der Waals surface area (Å²) < 4.78 is 26.9. The van der Waals surface area contributed by atoms with Crippen LogP contribution in [0, 0.1) is 5.92 Å². The van der Waals surface area contributed by atoms with E-state index in [0.29, 0.717) is 5.56 Å². The molecule has 2 unspecified atom stereocenters. The molecule has 1 aromatic carbocycles. The number of benzene rings is 1. The molecular formula is C13H21N3O3S. The Balaban J connectivity index is 3.10. The molecule has 7 heteroatoms. The molecule has 0 aromatic heterocycles. The average molecular weight is 299 g/mol. The van der Waals surface area contributed by atoms with E-state index < -0.39 is 22.0 Å². The smallest absolute Gasteiger partial charge is 0.241 e. The predicted octanol–water partition coefficient (Wildman–Crippen LogP) is 0.495. The maximum Gasteiger partial charge on any atom is 0.241 e. The normalized spacial score (nSPS) is 15.1. The second-order valence-electron chi connectivity index (χ2n) is 5.11. The Kier molecular flexibility index (Phi) is 5.27. The van der Waals surface area contributed by atoms with Crippen molar-refractivity contribution in [3.63, 3.8) is 0 Å². The van der Waals surface area contributed by atoms with Gasteiger partial charge in [-0.25, -0.2) is 8.42 Å². The first kappa shape index (κ1) is 16.6. The largest absolute Gasteiger partial charge is 0.368 e. The third-order valence-corrected chi connectivity index (χ3v) is 4.39. The van der Waals surface area contributed by atoms with Crippen LogP contribution in [0.2, 0.25) is 0 Å². The minimum Gasteiger partial charge on any atom is -0.368 e. The molecule has 20 heavy (non-hydrogen) atoms. The Hall–Kier alpha value is -1.44. The maximum atomic E-state index is 12.3. The summed E-state index contributed by atoms with van der Waals surface area (Å²) in [5.74, 6) is -0.939. The molecule has 0 fully saturated rings. The minimum absolute atomic E-state index is 0.0687. The molecule has 0 bridgehead atoms. The molecule has 0 saturated carbocycles. The van der Waals surface area contributed by atoms with E-state index in [1.807, 2.05) is 0 Å². The molecule has 0 heterocycles. The molecule has 0 spiro atoms. The van der Waals surface area contributed by atoms with Gasteiger partial charge < -0.3 is 11.5 Å². The number of nitrogens with one attached hydrogen (secondary N) is 1. The quantitative estimate of drug-likeness (QED) is 0.709. The van der Waals surface area contributed by atoms with Crippen LogP contribution in [0.5, 0.6) is 0 Å². The molecule has 6 nitrogen and oxygen atoms in total.